The number of hydrogen-bond acceptors (Lipinski definition) is 6. The topological polar surface area (TPSA) is 63.6 Å². The molecule has 6 heteroatoms. The van der Waals surface area contributed by atoms with Crippen LogP contribution in [-0.2, 0) is 6.54 Å². The van der Waals surface area contributed by atoms with Crippen molar-refractivity contribution in [3.8, 4) is 10.6 Å². The molecule has 0 fully saturated rings. The average Bonchev–Trinajstić information content (AvgIpc) is 3.10. The second-order valence-corrected chi connectivity index (χ2v) is 6.24. The first kappa shape index (κ1) is 14.7. The Balaban J connectivity index is 1.53. The Hall–Kier alpha value is -2.86. The molecule has 0 bridgehead atoms. The summed E-state index contributed by atoms with van der Waals surface area (Å²) < 4.78 is 0. The molecule has 0 amide bonds. The molecule has 0 unspecified atom stereocenters. The zero-order valence-electron chi connectivity index (χ0n) is 13.1. The standard InChI is InChI=1S/C18H15N5S/c1-12-17(23-16-5-3-2-4-15(16)21-12)20-10-14-11-24-18(22-14)13-6-8-19-9-7-13/h2-9,11H,10H2,1H3,(H,20,23). The molecule has 3 aromatic heterocycles. The summed E-state index contributed by atoms with van der Waals surface area (Å²) in [6, 6.07) is 11.8. The molecule has 1 aromatic carbocycles. The smallest absolute Gasteiger partial charge is 0.148 e. The first-order valence-corrected chi connectivity index (χ1v) is 8.49. The molecule has 3 heterocycles. The van der Waals surface area contributed by atoms with Crippen LogP contribution < -0.4 is 5.32 Å². The summed E-state index contributed by atoms with van der Waals surface area (Å²) in [6.07, 6.45) is 3.56. The maximum Gasteiger partial charge on any atom is 0.148 e. The number of nitrogens with one attached hydrogen (secondary N) is 1. The highest BCUT2D eigenvalue weighted by molar-refractivity contribution is 7.13. The number of thiazole rings is 1. The number of anilines is 1. The Morgan fingerprint density at radius 2 is 1.71 bits per heavy atom. The minimum absolute atomic E-state index is 0.620. The number of hydrogen-bond donors (Lipinski definition) is 1. The van der Waals surface area contributed by atoms with Gasteiger partial charge in [0.05, 0.1) is 29.0 Å². The van der Waals surface area contributed by atoms with Crippen LogP contribution in [0.3, 0.4) is 0 Å². The van der Waals surface area contributed by atoms with Gasteiger partial charge in [0.15, 0.2) is 0 Å². The Morgan fingerprint density at radius 1 is 0.958 bits per heavy atom. The van der Waals surface area contributed by atoms with Crippen molar-refractivity contribution in [1.29, 1.82) is 0 Å². The number of fused-ring (bicyclic) bond motifs is 1. The van der Waals surface area contributed by atoms with E-state index in [-0.39, 0.29) is 0 Å². The predicted octanol–water partition coefficient (Wildman–Crippen LogP) is 4.07. The maximum atomic E-state index is 4.67. The molecule has 0 saturated heterocycles. The molecule has 0 aliphatic heterocycles. The van der Waals surface area contributed by atoms with Gasteiger partial charge in [-0.15, -0.1) is 11.3 Å². The van der Waals surface area contributed by atoms with E-state index in [4.69, 9.17) is 0 Å². The van der Waals surface area contributed by atoms with Crippen LogP contribution in [0, 0.1) is 6.92 Å². The lowest BCUT2D eigenvalue weighted by Crippen LogP contribution is -2.05. The molecule has 5 nitrogen and oxygen atoms in total. The fraction of sp³-hybridized carbons (Fsp3) is 0.111. The van der Waals surface area contributed by atoms with Gasteiger partial charge in [0.2, 0.25) is 0 Å². The van der Waals surface area contributed by atoms with Crippen molar-refractivity contribution in [2.24, 2.45) is 0 Å². The van der Waals surface area contributed by atoms with Crippen molar-refractivity contribution in [3.05, 3.63) is 65.6 Å². The van der Waals surface area contributed by atoms with E-state index in [9.17, 15) is 0 Å². The van der Waals surface area contributed by atoms with Gasteiger partial charge < -0.3 is 5.32 Å². The van der Waals surface area contributed by atoms with Crippen molar-refractivity contribution in [3.63, 3.8) is 0 Å². The minimum Gasteiger partial charge on any atom is -0.363 e. The summed E-state index contributed by atoms with van der Waals surface area (Å²) in [5.41, 5.74) is 4.76. The van der Waals surface area contributed by atoms with Crippen LogP contribution in [0.1, 0.15) is 11.4 Å². The van der Waals surface area contributed by atoms with Crippen LogP contribution in [0.4, 0.5) is 5.82 Å². The van der Waals surface area contributed by atoms with E-state index in [1.807, 2.05) is 43.3 Å². The lowest BCUT2D eigenvalue weighted by Gasteiger charge is -2.08. The third-order valence-corrected chi connectivity index (χ3v) is 4.60. The highest BCUT2D eigenvalue weighted by Crippen LogP contribution is 2.23. The van der Waals surface area contributed by atoms with Gasteiger partial charge in [-0.05, 0) is 31.2 Å². The van der Waals surface area contributed by atoms with Crippen molar-refractivity contribution >= 4 is 28.2 Å². The Morgan fingerprint density at radius 3 is 2.50 bits per heavy atom. The number of benzene rings is 1. The van der Waals surface area contributed by atoms with E-state index >= 15 is 0 Å². The van der Waals surface area contributed by atoms with Gasteiger partial charge in [0.1, 0.15) is 10.8 Å². The number of rotatable bonds is 4. The van der Waals surface area contributed by atoms with E-state index in [1.54, 1.807) is 23.7 Å². The summed E-state index contributed by atoms with van der Waals surface area (Å²) >= 11 is 1.63. The van der Waals surface area contributed by atoms with Gasteiger partial charge in [-0.2, -0.15) is 0 Å². The Kier molecular flexibility index (Phi) is 3.88. The number of aryl methyl sites for hydroxylation is 1. The molecular formula is C18H15N5S. The molecule has 0 spiro atoms. The SMILES string of the molecule is Cc1nc2ccccc2nc1NCc1csc(-c2ccncc2)n1. The molecular weight excluding hydrogens is 318 g/mol. The molecule has 0 saturated carbocycles. The molecule has 1 N–H and O–H groups in total. The first-order valence-electron chi connectivity index (χ1n) is 7.62. The van der Waals surface area contributed by atoms with Crippen LogP contribution in [0.25, 0.3) is 21.6 Å². The number of para-hydroxylation sites is 2. The average molecular weight is 333 g/mol. The van der Waals surface area contributed by atoms with Crippen molar-refractivity contribution < 1.29 is 0 Å². The van der Waals surface area contributed by atoms with Gasteiger partial charge in [-0.3, -0.25) is 4.98 Å². The summed E-state index contributed by atoms with van der Waals surface area (Å²) in [5.74, 6) is 0.798. The summed E-state index contributed by atoms with van der Waals surface area (Å²) in [7, 11) is 0. The van der Waals surface area contributed by atoms with Crippen molar-refractivity contribution in [1.82, 2.24) is 19.9 Å². The fourth-order valence-corrected chi connectivity index (χ4v) is 3.27. The number of pyridine rings is 1. The molecule has 0 atom stereocenters. The van der Waals surface area contributed by atoms with E-state index in [2.05, 4.69) is 30.6 Å². The molecule has 0 aliphatic rings. The lowest BCUT2D eigenvalue weighted by molar-refractivity contribution is 1.04. The molecule has 0 radical (unpaired) electrons. The minimum atomic E-state index is 0.620. The normalized spacial score (nSPS) is 10.9. The Labute approximate surface area is 143 Å². The van der Waals surface area contributed by atoms with Crippen LogP contribution in [-0.4, -0.2) is 19.9 Å². The third-order valence-electron chi connectivity index (χ3n) is 3.66. The summed E-state index contributed by atoms with van der Waals surface area (Å²) in [5, 5.41) is 6.40. The predicted molar refractivity (Wildman–Crippen MR) is 96.9 cm³/mol. The molecule has 4 rings (SSSR count). The van der Waals surface area contributed by atoms with E-state index in [0.29, 0.717) is 6.54 Å². The molecule has 24 heavy (non-hydrogen) atoms. The lowest BCUT2D eigenvalue weighted by atomic mass is 10.3. The molecule has 4 aromatic rings. The second-order valence-electron chi connectivity index (χ2n) is 5.38. The fourth-order valence-electron chi connectivity index (χ4n) is 2.45. The van der Waals surface area contributed by atoms with Crippen molar-refractivity contribution in [2.45, 2.75) is 13.5 Å². The van der Waals surface area contributed by atoms with Gasteiger partial charge >= 0.3 is 0 Å². The highest BCUT2D eigenvalue weighted by atomic mass is 32.1. The van der Waals surface area contributed by atoms with Gasteiger partial charge in [0.25, 0.3) is 0 Å². The van der Waals surface area contributed by atoms with E-state index in [1.165, 1.54) is 0 Å². The monoisotopic (exact) mass is 333 g/mol. The zero-order valence-corrected chi connectivity index (χ0v) is 13.9. The second kappa shape index (κ2) is 6.33. The molecule has 0 aliphatic carbocycles. The van der Waals surface area contributed by atoms with Gasteiger partial charge in [-0.1, -0.05) is 12.1 Å². The summed E-state index contributed by atoms with van der Waals surface area (Å²) in [4.78, 5) is 17.9. The maximum absolute atomic E-state index is 4.67. The zero-order chi connectivity index (χ0) is 16.4. The number of nitrogens with zero attached hydrogens (tertiary/aromatic N) is 4. The van der Waals surface area contributed by atoms with E-state index in [0.717, 1.165) is 38.8 Å². The first-order chi connectivity index (χ1) is 11.8. The van der Waals surface area contributed by atoms with Crippen molar-refractivity contribution in [2.75, 3.05) is 5.32 Å². The summed E-state index contributed by atoms with van der Waals surface area (Å²) in [6.45, 7) is 2.58. The Bertz CT molecular complexity index is 981. The van der Waals surface area contributed by atoms with Gasteiger partial charge in [0, 0.05) is 23.3 Å². The van der Waals surface area contributed by atoms with Crippen LogP contribution in [0.2, 0.25) is 0 Å². The number of aromatic nitrogens is 4. The highest BCUT2D eigenvalue weighted by Gasteiger charge is 2.07. The van der Waals surface area contributed by atoms with E-state index < -0.39 is 0 Å². The van der Waals surface area contributed by atoms with Crippen LogP contribution in [0.5, 0.6) is 0 Å². The quantitative estimate of drug-likeness (QED) is 0.610. The van der Waals surface area contributed by atoms with Crippen LogP contribution in [0.15, 0.2) is 54.2 Å². The third kappa shape index (κ3) is 2.96. The van der Waals surface area contributed by atoms with Crippen LogP contribution >= 0.6 is 11.3 Å². The molecule has 118 valence electrons. The largest absolute Gasteiger partial charge is 0.363 e. The van der Waals surface area contributed by atoms with Gasteiger partial charge in [-0.25, -0.2) is 15.0 Å².